The van der Waals surface area contributed by atoms with Gasteiger partial charge in [0.25, 0.3) is 0 Å². The summed E-state index contributed by atoms with van der Waals surface area (Å²) in [5.74, 6) is 0. The average Bonchev–Trinajstić information content (AvgIpc) is 2.76. The zero-order valence-electron chi connectivity index (χ0n) is 16.5. The number of unbranched alkanes of at least 4 members (excludes halogenated alkanes) is 2. The van der Waals surface area contributed by atoms with Gasteiger partial charge in [-0.25, -0.2) is 0 Å². The molecule has 1 aliphatic carbocycles. The number of allylic oxidation sites excluding steroid dienone is 4. The maximum Gasteiger partial charge on any atom is -1.00 e. The standard InChI is InChI=1S/C21H31Si.3ClH.Ti/c1-5-7-8-10-18-14-19(9-6-2)21(15-18)22-20-12-16(3)11-17(4)13-20;;;;/h11-13H,5-10,15,22H2,1-4H3;3*1H;/q;;;;+3/p-3. The Morgan fingerprint density at radius 1 is 0.885 bits per heavy atom. The molecule has 144 valence electrons. The van der Waals surface area contributed by atoms with E-state index in [2.05, 4.69) is 66.3 Å². The molecule has 0 N–H and O–H groups in total. The largest absolute Gasteiger partial charge is 1.00 e. The third kappa shape index (κ3) is 8.25. The number of hydrogen-bond donors (Lipinski definition) is 0. The summed E-state index contributed by atoms with van der Waals surface area (Å²) in [6.45, 7) is 9.10. The molecule has 0 aromatic heterocycles. The molecule has 0 atom stereocenters. The third-order valence-corrected chi connectivity index (χ3v) is 7.73. The van der Waals surface area contributed by atoms with Crippen molar-refractivity contribution in [3.8, 4) is 0 Å². The van der Waals surface area contributed by atoms with Gasteiger partial charge in [0, 0.05) is 0 Å². The van der Waals surface area contributed by atoms with Crippen LogP contribution in [0.4, 0.5) is 0 Å². The minimum absolute atomic E-state index is 0. The summed E-state index contributed by atoms with van der Waals surface area (Å²) in [6, 6.07) is 7.16. The van der Waals surface area contributed by atoms with E-state index in [1.165, 1.54) is 56.1 Å². The molecule has 26 heavy (non-hydrogen) atoms. The molecule has 0 amide bonds. The molecule has 0 fully saturated rings. The van der Waals surface area contributed by atoms with Crippen LogP contribution in [0.2, 0.25) is 0 Å². The van der Waals surface area contributed by atoms with Crippen molar-refractivity contribution in [1.82, 2.24) is 0 Å². The smallest absolute Gasteiger partial charge is 1.00 e. The summed E-state index contributed by atoms with van der Waals surface area (Å²) in [6.07, 6.45) is 9.27. The summed E-state index contributed by atoms with van der Waals surface area (Å²) >= 11 is 2.40. The molecule has 0 saturated heterocycles. The first-order chi connectivity index (χ1) is 11.0. The molecule has 0 nitrogen and oxygen atoms in total. The first kappa shape index (κ1) is 28.7. The quantitative estimate of drug-likeness (QED) is 0.271. The van der Waals surface area contributed by atoms with Crippen molar-refractivity contribution < 1.29 is 57.7 Å². The van der Waals surface area contributed by atoms with Crippen LogP contribution in [0.1, 0.15) is 69.9 Å². The van der Waals surface area contributed by atoms with Crippen molar-refractivity contribution in [2.24, 2.45) is 0 Å². The van der Waals surface area contributed by atoms with Gasteiger partial charge in [-0.05, 0) is 0 Å². The van der Waals surface area contributed by atoms with Gasteiger partial charge < -0.3 is 37.2 Å². The zero-order valence-corrected chi connectivity index (χ0v) is 21.8. The SMILES string of the molecule is CCCCCC1=[C]([Ti+3])C(CCC)=C([SiH2]c2cc(C)cc(C)c2)C1.[Cl-].[Cl-].[Cl-]. The van der Waals surface area contributed by atoms with Crippen LogP contribution in [0.5, 0.6) is 0 Å². The molecule has 5 heteroatoms. The van der Waals surface area contributed by atoms with Crippen molar-refractivity contribution in [2.45, 2.75) is 72.6 Å². The Balaban J connectivity index is 0. The molecule has 1 aromatic rings. The number of hydrogen-bond acceptors (Lipinski definition) is 0. The number of rotatable bonds is 8. The Morgan fingerprint density at radius 3 is 2.04 bits per heavy atom. The molecule has 1 aromatic carbocycles. The molecule has 0 bridgehead atoms. The Bertz CT molecular complexity index is 603. The number of benzene rings is 1. The minimum Gasteiger partial charge on any atom is -1.00 e. The molecule has 1 aliphatic rings. The third-order valence-electron chi connectivity index (χ3n) is 4.79. The summed E-state index contributed by atoms with van der Waals surface area (Å²) in [5.41, 5.74) is 6.35. The van der Waals surface area contributed by atoms with Crippen LogP contribution in [0, 0.1) is 13.8 Å². The summed E-state index contributed by atoms with van der Waals surface area (Å²) in [7, 11) is -0.300. The van der Waals surface area contributed by atoms with Gasteiger partial charge in [0.1, 0.15) is 0 Å². The van der Waals surface area contributed by atoms with Crippen molar-refractivity contribution in [3.05, 3.63) is 49.5 Å². The van der Waals surface area contributed by atoms with E-state index in [-0.39, 0.29) is 46.7 Å². The van der Waals surface area contributed by atoms with Crippen molar-refractivity contribution in [2.75, 3.05) is 0 Å². The number of aryl methyl sites for hydroxylation is 2. The summed E-state index contributed by atoms with van der Waals surface area (Å²) < 4.78 is 1.66. The molecule has 0 spiro atoms. The minimum atomic E-state index is -0.300. The van der Waals surface area contributed by atoms with Gasteiger partial charge in [-0.1, -0.05) is 0 Å². The molecule has 0 radical (unpaired) electrons. The second-order valence-corrected chi connectivity index (χ2v) is 9.92. The second kappa shape index (κ2) is 14.5. The van der Waals surface area contributed by atoms with Crippen molar-refractivity contribution in [3.63, 3.8) is 0 Å². The van der Waals surface area contributed by atoms with Gasteiger partial charge in [0.15, 0.2) is 0 Å². The van der Waals surface area contributed by atoms with Crippen molar-refractivity contribution in [1.29, 1.82) is 0 Å². The van der Waals surface area contributed by atoms with Gasteiger partial charge in [0.05, 0.1) is 0 Å². The van der Waals surface area contributed by atoms with Crippen LogP contribution in [-0.4, -0.2) is 9.52 Å². The van der Waals surface area contributed by atoms with E-state index in [4.69, 9.17) is 0 Å². The molecule has 2 rings (SSSR count). The van der Waals surface area contributed by atoms with Crippen LogP contribution in [0.15, 0.2) is 38.4 Å². The van der Waals surface area contributed by atoms with E-state index < -0.39 is 0 Å². The van der Waals surface area contributed by atoms with Crippen molar-refractivity contribution >= 4 is 14.7 Å². The summed E-state index contributed by atoms with van der Waals surface area (Å²) in [5, 5.41) is 3.47. The molecule has 0 aliphatic heterocycles. The fourth-order valence-corrected chi connectivity index (χ4v) is 7.20. The predicted molar refractivity (Wildman–Crippen MR) is 102 cm³/mol. The molecule has 0 unspecified atom stereocenters. The predicted octanol–water partition coefficient (Wildman–Crippen LogP) is -4.05. The average molecular weight is 466 g/mol. The van der Waals surface area contributed by atoms with E-state index in [9.17, 15) is 0 Å². The normalized spacial score (nSPS) is 13.8. The monoisotopic (exact) mass is 464 g/mol. The van der Waals surface area contributed by atoms with E-state index in [1.54, 1.807) is 20.2 Å². The van der Waals surface area contributed by atoms with Crippen LogP contribution in [-0.2, 0) is 20.4 Å². The fraction of sp³-hybridized carbons (Fsp3) is 0.524. The second-order valence-electron chi connectivity index (χ2n) is 7.12. The topological polar surface area (TPSA) is 0 Å². The Morgan fingerprint density at radius 2 is 1.50 bits per heavy atom. The Hall–Kier alpha value is 0.501. The van der Waals surface area contributed by atoms with Gasteiger partial charge in [-0.2, -0.15) is 0 Å². The van der Waals surface area contributed by atoms with E-state index in [0.717, 1.165) is 0 Å². The van der Waals surface area contributed by atoms with Crippen LogP contribution >= 0.6 is 0 Å². The Kier molecular flexibility index (Phi) is 16.0. The van der Waals surface area contributed by atoms with Crippen LogP contribution in [0.3, 0.4) is 0 Å². The van der Waals surface area contributed by atoms with Gasteiger partial charge in [0.2, 0.25) is 0 Å². The van der Waals surface area contributed by atoms with Gasteiger partial charge in [-0.15, -0.1) is 0 Å². The van der Waals surface area contributed by atoms with E-state index >= 15 is 0 Å². The number of halogens is 3. The van der Waals surface area contributed by atoms with E-state index in [0.29, 0.717) is 0 Å². The molecule has 0 heterocycles. The van der Waals surface area contributed by atoms with E-state index in [1.807, 2.05) is 5.20 Å². The first-order valence-electron chi connectivity index (χ1n) is 9.27. The Labute approximate surface area is 193 Å². The maximum absolute atomic E-state index is 2.43. The maximum atomic E-state index is 2.43. The zero-order chi connectivity index (χ0) is 16.8. The van der Waals surface area contributed by atoms with Gasteiger partial charge >= 0.3 is 157 Å². The molecular weight excluding hydrogens is 435 g/mol. The first-order valence-corrected chi connectivity index (χ1v) is 11.5. The summed E-state index contributed by atoms with van der Waals surface area (Å²) in [4.78, 5) is 0. The molecular formula is C21H31Cl3SiTi. The van der Waals surface area contributed by atoms with Crippen LogP contribution in [0.25, 0.3) is 0 Å². The van der Waals surface area contributed by atoms with Crippen LogP contribution < -0.4 is 42.4 Å². The fourth-order valence-electron chi connectivity index (χ4n) is 3.78. The molecule has 0 saturated carbocycles. The van der Waals surface area contributed by atoms with Gasteiger partial charge in [-0.3, -0.25) is 0 Å².